The molecule has 0 saturated carbocycles. The highest BCUT2D eigenvalue weighted by molar-refractivity contribution is 7.98. The molecule has 0 aliphatic carbocycles. The molecule has 0 bridgehead atoms. The first-order valence-electron chi connectivity index (χ1n) is 5.99. The van der Waals surface area contributed by atoms with Gasteiger partial charge < -0.3 is 10.0 Å². The summed E-state index contributed by atoms with van der Waals surface area (Å²) in [6.07, 6.45) is 5.53. The van der Waals surface area contributed by atoms with E-state index < -0.39 is 0 Å². The van der Waals surface area contributed by atoms with E-state index in [4.69, 9.17) is 0 Å². The average Bonchev–Trinajstić information content (AvgIpc) is 2.39. The van der Waals surface area contributed by atoms with Crippen LogP contribution in [0.4, 0.5) is 5.82 Å². The number of hydrogen-bond acceptors (Lipinski definition) is 5. The van der Waals surface area contributed by atoms with Crippen molar-refractivity contribution in [3.05, 3.63) is 12.4 Å². The number of aliphatic hydroxyl groups is 1. The Kier molecular flexibility index (Phi) is 4.23. The van der Waals surface area contributed by atoms with Crippen LogP contribution in [-0.2, 0) is 0 Å². The van der Waals surface area contributed by atoms with Crippen molar-refractivity contribution in [3.8, 4) is 0 Å². The Morgan fingerprint density at radius 2 is 2.12 bits per heavy atom. The third kappa shape index (κ3) is 3.10. The molecule has 0 aromatic carbocycles. The van der Waals surface area contributed by atoms with Crippen LogP contribution in [0.2, 0.25) is 0 Å². The van der Waals surface area contributed by atoms with Crippen LogP contribution in [0, 0.1) is 5.92 Å². The van der Waals surface area contributed by atoms with Crippen LogP contribution in [0.15, 0.2) is 17.4 Å². The van der Waals surface area contributed by atoms with Crippen LogP contribution in [0.3, 0.4) is 0 Å². The lowest BCUT2D eigenvalue weighted by Crippen LogP contribution is -2.37. The Morgan fingerprint density at radius 1 is 1.41 bits per heavy atom. The molecular weight excluding hydrogens is 234 g/mol. The zero-order valence-corrected chi connectivity index (χ0v) is 11.2. The Bertz CT molecular complexity index is 365. The number of piperidine rings is 1. The highest BCUT2D eigenvalue weighted by Gasteiger charge is 2.23. The first kappa shape index (κ1) is 12.6. The Labute approximate surface area is 106 Å². The van der Waals surface area contributed by atoms with Gasteiger partial charge >= 0.3 is 0 Å². The third-order valence-corrected chi connectivity index (χ3v) is 4.02. The topological polar surface area (TPSA) is 49.2 Å². The fourth-order valence-electron chi connectivity index (χ4n) is 2.23. The zero-order valence-electron chi connectivity index (χ0n) is 10.3. The van der Waals surface area contributed by atoms with E-state index in [1.54, 1.807) is 18.1 Å². The van der Waals surface area contributed by atoms with Gasteiger partial charge in [-0.2, -0.15) is 0 Å². The Hall–Kier alpha value is -0.810. The largest absolute Gasteiger partial charge is 0.393 e. The molecular formula is C12H19N3OS. The second-order valence-electron chi connectivity index (χ2n) is 4.48. The summed E-state index contributed by atoms with van der Waals surface area (Å²) in [7, 11) is 0. The number of hydrogen-bond donors (Lipinski definition) is 1. The van der Waals surface area contributed by atoms with Crippen molar-refractivity contribution in [2.24, 2.45) is 5.92 Å². The minimum atomic E-state index is -0.190. The standard InChI is InChI=1S/C12H19N3OS/c1-9(16)10-3-5-15(6-4-10)11-7-12(17-2)14-8-13-11/h7-10,16H,3-6H2,1-2H3. The van der Waals surface area contributed by atoms with E-state index >= 15 is 0 Å². The van der Waals surface area contributed by atoms with Gasteiger partial charge in [-0.25, -0.2) is 9.97 Å². The molecule has 1 aromatic rings. The molecule has 4 nitrogen and oxygen atoms in total. The monoisotopic (exact) mass is 253 g/mol. The highest BCUT2D eigenvalue weighted by atomic mass is 32.2. The third-order valence-electron chi connectivity index (χ3n) is 3.38. The number of nitrogens with zero attached hydrogens (tertiary/aromatic N) is 3. The summed E-state index contributed by atoms with van der Waals surface area (Å²) in [5.74, 6) is 1.45. The van der Waals surface area contributed by atoms with Gasteiger partial charge in [0, 0.05) is 19.2 Å². The number of thioether (sulfide) groups is 1. The Morgan fingerprint density at radius 3 is 2.71 bits per heavy atom. The molecule has 17 heavy (non-hydrogen) atoms. The van der Waals surface area contributed by atoms with Crippen molar-refractivity contribution >= 4 is 17.6 Å². The second kappa shape index (κ2) is 5.69. The van der Waals surface area contributed by atoms with Crippen LogP contribution in [0.1, 0.15) is 19.8 Å². The summed E-state index contributed by atoms with van der Waals surface area (Å²) >= 11 is 1.63. The molecule has 2 rings (SSSR count). The fraction of sp³-hybridized carbons (Fsp3) is 0.667. The van der Waals surface area contributed by atoms with E-state index in [-0.39, 0.29) is 6.10 Å². The lowest BCUT2D eigenvalue weighted by Gasteiger charge is -2.34. The van der Waals surface area contributed by atoms with Crippen LogP contribution in [-0.4, -0.2) is 40.5 Å². The van der Waals surface area contributed by atoms with Crippen molar-refractivity contribution in [2.45, 2.75) is 30.9 Å². The van der Waals surface area contributed by atoms with Gasteiger partial charge in [0.1, 0.15) is 17.2 Å². The van der Waals surface area contributed by atoms with E-state index in [9.17, 15) is 5.11 Å². The van der Waals surface area contributed by atoms with Crippen LogP contribution < -0.4 is 4.90 Å². The van der Waals surface area contributed by atoms with Gasteiger partial charge in [0.2, 0.25) is 0 Å². The predicted octanol–water partition coefficient (Wildman–Crippen LogP) is 1.80. The van der Waals surface area contributed by atoms with Crippen molar-refractivity contribution in [1.82, 2.24) is 9.97 Å². The van der Waals surface area contributed by atoms with E-state index in [0.29, 0.717) is 5.92 Å². The summed E-state index contributed by atoms with van der Waals surface area (Å²) in [5.41, 5.74) is 0. The summed E-state index contributed by atoms with van der Waals surface area (Å²) in [4.78, 5) is 10.8. The maximum atomic E-state index is 9.57. The maximum absolute atomic E-state index is 9.57. The number of rotatable bonds is 3. The molecule has 1 atom stereocenters. The molecule has 1 aliphatic rings. The molecule has 1 unspecified atom stereocenters. The zero-order chi connectivity index (χ0) is 12.3. The quantitative estimate of drug-likeness (QED) is 0.657. The maximum Gasteiger partial charge on any atom is 0.133 e. The summed E-state index contributed by atoms with van der Waals surface area (Å²) in [5, 5.41) is 10.6. The summed E-state index contributed by atoms with van der Waals surface area (Å²) in [6, 6.07) is 2.04. The first-order chi connectivity index (χ1) is 8.20. The minimum Gasteiger partial charge on any atom is -0.393 e. The first-order valence-corrected chi connectivity index (χ1v) is 7.22. The molecule has 94 valence electrons. The lowest BCUT2D eigenvalue weighted by molar-refractivity contribution is 0.110. The summed E-state index contributed by atoms with van der Waals surface area (Å²) < 4.78 is 0. The lowest BCUT2D eigenvalue weighted by atomic mass is 9.92. The van der Waals surface area contributed by atoms with Crippen LogP contribution in [0.5, 0.6) is 0 Å². The molecule has 5 heteroatoms. The summed E-state index contributed by atoms with van der Waals surface area (Å²) in [6.45, 7) is 3.83. The van der Waals surface area contributed by atoms with E-state index in [1.165, 1.54) is 0 Å². The van der Waals surface area contributed by atoms with Crippen molar-refractivity contribution in [3.63, 3.8) is 0 Å². The number of aromatic nitrogens is 2. The molecule has 1 N–H and O–H groups in total. The average molecular weight is 253 g/mol. The molecule has 0 amide bonds. The van der Waals surface area contributed by atoms with Crippen molar-refractivity contribution < 1.29 is 5.11 Å². The molecule has 2 heterocycles. The van der Waals surface area contributed by atoms with Gasteiger partial charge in [0.15, 0.2) is 0 Å². The van der Waals surface area contributed by atoms with Gasteiger partial charge in [0.25, 0.3) is 0 Å². The fourth-order valence-corrected chi connectivity index (χ4v) is 2.60. The second-order valence-corrected chi connectivity index (χ2v) is 5.31. The molecule has 1 aliphatic heterocycles. The van der Waals surface area contributed by atoms with E-state index in [1.807, 2.05) is 19.2 Å². The van der Waals surface area contributed by atoms with Crippen molar-refractivity contribution in [2.75, 3.05) is 24.2 Å². The molecule has 0 spiro atoms. The van der Waals surface area contributed by atoms with Crippen LogP contribution >= 0.6 is 11.8 Å². The molecule has 1 fully saturated rings. The van der Waals surface area contributed by atoms with Gasteiger partial charge in [-0.05, 0) is 31.9 Å². The Balaban J connectivity index is 2.00. The van der Waals surface area contributed by atoms with Gasteiger partial charge in [-0.1, -0.05) is 0 Å². The molecule has 1 saturated heterocycles. The number of anilines is 1. The van der Waals surface area contributed by atoms with Crippen molar-refractivity contribution in [1.29, 1.82) is 0 Å². The number of aliphatic hydroxyl groups excluding tert-OH is 1. The SMILES string of the molecule is CSc1cc(N2CCC(C(C)O)CC2)ncn1. The minimum absolute atomic E-state index is 0.190. The van der Waals surface area contributed by atoms with Gasteiger partial charge in [0.05, 0.1) is 6.10 Å². The highest BCUT2D eigenvalue weighted by Crippen LogP contribution is 2.25. The molecule has 1 aromatic heterocycles. The molecule has 0 radical (unpaired) electrons. The normalized spacial score (nSPS) is 19.4. The van der Waals surface area contributed by atoms with Crippen LogP contribution in [0.25, 0.3) is 0 Å². The van der Waals surface area contributed by atoms with Gasteiger partial charge in [-0.3, -0.25) is 0 Å². The van der Waals surface area contributed by atoms with E-state index in [2.05, 4.69) is 14.9 Å². The van der Waals surface area contributed by atoms with E-state index in [0.717, 1.165) is 36.8 Å². The smallest absolute Gasteiger partial charge is 0.133 e. The predicted molar refractivity (Wildman–Crippen MR) is 70.4 cm³/mol. The van der Waals surface area contributed by atoms with Gasteiger partial charge in [-0.15, -0.1) is 11.8 Å².